The Balaban J connectivity index is 2.35. The molecule has 1 aliphatic heterocycles. The van der Waals surface area contributed by atoms with Gasteiger partial charge in [0.2, 0.25) is 15.9 Å². The summed E-state index contributed by atoms with van der Waals surface area (Å²) in [6, 6.07) is 2.51. The minimum atomic E-state index is -3.88. The molecule has 1 aromatic rings. The van der Waals surface area contributed by atoms with Crippen molar-refractivity contribution in [2.75, 3.05) is 20.2 Å². The van der Waals surface area contributed by atoms with Crippen LogP contribution in [0.25, 0.3) is 0 Å². The van der Waals surface area contributed by atoms with E-state index < -0.39 is 16.1 Å². The fourth-order valence-electron chi connectivity index (χ4n) is 2.97. The highest BCUT2D eigenvalue weighted by Gasteiger charge is 2.33. The van der Waals surface area contributed by atoms with Crippen LogP contribution in [0.15, 0.2) is 17.0 Å². The number of rotatable bonds is 6. The Morgan fingerprint density at radius 3 is 2.24 bits per heavy atom. The predicted octanol–water partition coefficient (Wildman–Crippen LogP) is 2.24. The molecule has 0 unspecified atom stereocenters. The van der Waals surface area contributed by atoms with Gasteiger partial charge in [0.05, 0.1) is 7.11 Å². The lowest BCUT2D eigenvalue weighted by atomic mass is 10.0. The van der Waals surface area contributed by atoms with Gasteiger partial charge in [-0.05, 0) is 55.9 Å². The first-order chi connectivity index (χ1) is 11.7. The number of likely N-dealkylation sites (tertiary alicyclic amines) is 1. The molecule has 7 heteroatoms. The van der Waals surface area contributed by atoms with E-state index in [0.717, 1.165) is 24.0 Å². The van der Waals surface area contributed by atoms with E-state index in [1.807, 2.05) is 27.7 Å². The molecule has 0 aliphatic carbocycles. The first-order valence-corrected chi connectivity index (χ1v) is 10.1. The number of ether oxygens (including phenoxy) is 1. The second-order valence-electron chi connectivity index (χ2n) is 6.96. The van der Waals surface area contributed by atoms with E-state index >= 15 is 0 Å². The summed E-state index contributed by atoms with van der Waals surface area (Å²) in [5.74, 6) is -0.0222. The van der Waals surface area contributed by atoms with E-state index in [2.05, 4.69) is 4.72 Å². The molecule has 6 nitrogen and oxygen atoms in total. The predicted molar refractivity (Wildman–Crippen MR) is 97.2 cm³/mol. The number of benzene rings is 1. The molecule has 1 saturated heterocycles. The van der Waals surface area contributed by atoms with Crippen LogP contribution in [0.1, 0.15) is 37.8 Å². The molecule has 1 N–H and O–H groups in total. The maximum atomic E-state index is 12.9. The monoisotopic (exact) mass is 368 g/mol. The smallest absolute Gasteiger partial charge is 0.244 e. The van der Waals surface area contributed by atoms with Crippen molar-refractivity contribution in [3.05, 3.63) is 23.3 Å². The zero-order valence-corrected chi connectivity index (χ0v) is 16.4. The van der Waals surface area contributed by atoms with Crippen LogP contribution in [0.3, 0.4) is 0 Å². The molecule has 1 amide bonds. The number of hydrogen-bond donors (Lipinski definition) is 1. The van der Waals surface area contributed by atoms with Crippen molar-refractivity contribution in [1.29, 1.82) is 0 Å². The fourth-order valence-corrected chi connectivity index (χ4v) is 4.54. The van der Waals surface area contributed by atoms with Crippen molar-refractivity contribution in [2.24, 2.45) is 5.92 Å². The molecule has 25 heavy (non-hydrogen) atoms. The highest BCUT2D eigenvalue weighted by atomic mass is 32.2. The number of aryl methyl sites for hydroxylation is 2. The number of carbonyl (C=O) groups excluding carboxylic acids is 1. The molecule has 1 aromatic carbocycles. The summed E-state index contributed by atoms with van der Waals surface area (Å²) in [4.78, 5) is 14.5. The van der Waals surface area contributed by atoms with Crippen LogP contribution in [-0.4, -0.2) is 45.5 Å². The van der Waals surface area contributed by atoms with Gasteiger partial charge >= 0.3 is 0 Å². The summed E-state index contributed by atoms with van der Waals surface area (Å²) in [6.45, 7) is 8.82. The third kappa shape index (κ3) is 4.33. The lowest BCUT2D eigenvalue weighted by Crippen LogP contribution is -2.50. The standard InChI is InChI=1S/C18H28N2O4S/c1-12(2)17(18(21)20-8-6-7-9-20)19-25(22,23)16-11-14(4)13(3)10-15(16)24-5/h10-12,17,19H,6-9H2,1-5H3/t17-/m1/s1. The Bertz CT molecular complexity index is 738. The van der Waals surface area contributed by atoms with Crippen LogP contribution in [-0.2, 0) is 14.8 Å². The largest absolute Gasteiger partial charge is 0.495 e. The molecule has 1 heterocycles. The average Bonchev–Trinajstić information content (AvgIpc) is 3.08. The van der Waals surface area contributed by atoms with E-state index in [9.17, 15) is 13.2 Å². The fraction of sp³-hybridized carbons (Fsp3) is 0.611. The highest BCUT2D eigenvalue weighted by Crippen LogP contribution is 2.28. The van der Waals surface area contributed by atoms with Gasteiger partial charge in [0.1, 0.15) is 16.7 Å². The molecule has 2 rings (SSSR count). The normalized spacial score (nSPS) is 16.3. The third-order valence-corrected chi connectivity index (χ3v) is 6.16. The molecule has 1 aliphatic rings. The maximum absolute atomic E-state index is 12.9. The van der Waals surface area contributed by atoms with Crippen LogP contribution in [0.2, 0.25) is 0 Å². The zero-order chi connectivity index (χ0) is 18.8. The molecule has 1 fully saturated rings. The van der Waals surface area contributed by atoms with Gasteiger partial charge in [-0.1, -0.05) is 13.8 Å². The van der Waals surface area contributed by atoms with Crippen LogP contribution >= 0.6 is 0 Å². The van der Waals surface area contributed by atoms with Crippen molar-refractivity contribution in [1.82, 2.24) is 9.62 Å². The minimum Gasteiger partial charge on any atom is -0.495 e. The van der Waals surface area contributed by atoms with Crippen LogP contribution in [0.4, 0.5) is 0 Å². The molecule has 1 atom stereocenters. The van der Waals surface area contributed by atoms with Gasteiger partial charge in [0.15, 0.2) is 0 Å². The molecular weight excluding hydrogens is 340 g/mol. The number of methoxy groups -OCH3 is 1. The van der Waals surface area contributed by atoms with Crippen molar-refractivity contribution < 1.29 is 17.9 Å². The molecule has 0 bridgehead atoms. The van der Waals surface area contributed by atoms with E-state index in [1.54, 1.807) is 17.0 Å². The number of amides is 1. The molecule has 140 valence electrons. The SMILES string of the molecule is COc1cc(C)c(C)cc1S(=O)(=O)N[C@@H](C(=O)N1CCCC1)C(C)C. The van der Waals surface area contributed by atoms with E-state index in [4.69, 9.17) is 4.74 Å². The number of hydrogen-bond acceptors (Lipinski definition) is 4. The summed E-state index contributed by atoms with van der Waals surface area (Å²) in [5.41, 5.74) is 1.80. The summed E-state index contributed by atoms with van der Waals surface area (Å²) in [5, 5.41) is 0. The summed E-state index contributed by atoms with van der Waals surface area (Å²) in [7, 11) is -2.44. The van der Waals surface area contributed by atoms with Crippen molar-refractivity contribution in [3.63, 3.8) is 0 Å². The quantitative estimate of drug-likeness (QED) is 0.835. The maximum Gasteiger partial charge on any atom is 0.244 e. The number of nitrogens with zero attached hydrogens (tertiary/aromatic N) is 1. The topological polar surface area (TPSA) is 75.7 Å². The van der Waals surface area contributed by atoms with Gasteiger partial charge in [-0.25, -0.2) is 8.42 Å². The Kier molecular flexibility index (Phi) is 6.11. The van der Waals surface area contributed by atoms with Gasteiger partial charge in [0, 0.05) is 13.1 Å². The average molecular weight is 368 g/mol. The first-order valence-electron chi connectivity index (χ1n) is 8.63. The molecule has 0 aromatic heterocycles. The van der Waals surface area contributed by atoms with Crippen molar-refractivity contribution in [3.8, 4) is 5.75 Å². The number of nitrogens with one attached hydrogen (secondary N) is 1. The molecule has 0 spiro atoms. The first kappa shape index (κ1) is 19.7. The molecule has 0 saturated carbocycles. The van der Waals surface area contributed by atoms with Gasteiger partial charge in [-0.15, -0.1) is 0 Å². The van der Waals surface area contributed by atoms with Gasteiger partial charge in [-0.3, -0.25) is 4.79 Å². The Labute approximate surface area is 150 Å². The van der Waals surface area contributed by atoms with Crippen LogP contribution in [0.5, 0.6) is 5.75 Å². The van der Waals surface area contributed by atoms with E-state index in [-0.39, 0.29) is 22.5 Å². The highest BCUT2D eigenvalue weighted by molar-refractivity contribution is 7.89. The van der Waals surface area contributed by atoms with E-state index in [0.29, 0.717) is 13.1 Å². The second-order valence-corrected chi connectivity index (χ2v) is 8.65. The lowest BCUT2D eigenvalue weighted by Gasteiger charge is -2.27. The summed E-state index contributed by atoms with van der Waals surface area (Å²) < 4.78 is 33.8. The van der Waals surface area contributed by atoms with Crippen molar-refractivity contribution in [2.45, 2.75) is 51.5 Å². The Morgan fingerprint density at radius 1 is 1.16 bits per heavy atom. The van der Waals surface area contributed by atoms with Crippen LogP contribution < -0.4 is 9.46 Å². The van der Waals surface area contributed by atoms with Crippen molar-refractivity contribution >= 4 is 15.9 Å². The Morgan fingerprint density at radius 2 is 1.72 bits per heavy atom. The van der Waals surface area contributed by atoms with Gasteiger partial charge in [0.25, 0.3) is 0 Å². The summed E-state index contributed by atoms with van der Waals surface area (Å²) in [6.07, 6.45) is 1.93. The number of sulfonamides is 1. The third-order valence-electron chi connectivity index (χ3n) is 4.70. The number of carbonyl (C=O) groups is 1. The van der Waals surface area contributed by atoms with Crippen LogP contribution in [0, 0.1) is 19.8 Å². The molecular formula is C18H28N2O4S. The summed E-state index contributed by atoms with van der Waals surface area (Å²) >= 11 is 0. The van der Waals surface area contributed by atoms with Gasteiger partial charge in [-0.2, -0.15) is 4.72 Å². The van der Waals surface area contributed by atoms with Gasteiger partial charge < -0.3 is 9.64 Å². The minimum absolute atomic E-state index is 0.0676. The Hall–Kier alpha value is -1.60. The lowest BCUT2D eigenvalue weighted by molar-refractivity contribution is -0.132. The van der Waals surface area contributed by atoms with E-state index in [1.165, 1.54) is 7.11 Å². The molecule has 0 radical (unpaired) electrons. The second kappa shape index (κ2) is 7.74. The zero-order valence-electron chi connectivity index (χ0n) is 15.6.